The predicted molar refractivity (Wildman–Crippen MR) is 156 cm³/mol. The molecule has 2 amide bonds. The second-order valence-electron chi connectivity index (χ2n) is 9.96. The molecule has 0 aromatic heterocycles. The van der Waals surface area contributed by atoms with Crippen LogP contribution in [0.25, 0.3) is 0 Å². The Morgan fingerprint density at radius 2 is 1.65 bits per heavy atom. The third kappa shape index (κ3) is 11.0. The van der Waals surface area contributed by atoms with Crippen LogP contribution >= 0.6 is 0 Å². The number of carboxylic acids is 1. The average Bonchev–Trinajstić information content (AvgIpc) is 2.92. The van der Waals surface area contributed by atoms with Gasteiger partial charge >= 0.3 is 12.1 Å². The van der Waals surface area contributed by atoms with Gasteiger partial charge in [-0.1, -0.05) is 18.2 Å². The summed E-state index contributed by atoms with van der Waals surface area (Å²) in [6, 6.07) is 11.7. The van der Waals surface area contributed by atoms with Crippen LogP contribution in [0, 0.1) is 6.92 Å². The summed E-state index contributed by atoms with van der Waals surface area (Å²) < 4.78 is 61.0. The van der Waals surface area contributed by atoms with Gasteiger partial charge in [-0.15, -0.1) is 0 Å². The lowest BCUT2D eigenvalue weighted by Crippen LogP contribution is -2.44. The molecular formula is C27H37F3N6O6S. The smallest absolute Gasteiger partial charge is 0.475 e. The van der Waals surface area contributed by atoms with Crippen molar-refractivity contribution in [3.8, 4) is 0 Å². The largest absolute Gasteiger partial charge is 0.490 e. The summed E-state index contributed by atoms with van der Waals surface area (Å²) in [6.07, 6.45) is -5.08. The maximum Gasteiger partial charge on any atom is 0.490 e. The summed E-state index contributed by atoms with van der Waals surface area (Å²) in [5.74, 6) is -3.39. The Labute approximate surface area is 248 Å². The highest BCUT2D eigenvalue weighted by Gasteiger charge is 2.38. The monoisotopic (exact) mass is 630 g/mol. The van der Waals surface area contributed by atoms with Crippen LogP contribution in [0.1, 0.15) is 15.9 Å². The second kappa shape index (κ2) is 15.5. The molecule has 2 aromatic carbocycles. The summed E-state index contributed by atoms with van der Waals surface area (Å²) in [5, 5.41) is 13.2. The molecule has 238 valence electrons. The number of aryl methyl sites for hydroxylation is 1. The molecule has 1 fully saturated rings. The van der Waals surface area contributed by atoms with E-state index in [1.54, 1.807) is 56.4 Å². The molecule has 0 atom stereocenters. The van der Waals surface area contributed by atoms with E-state index in [-0.39, 0.29) is 23.3 Å². The van der Waals surface area contributed by atoms with Crippen LogP contribution in [0.2, 0.25) is 0 Å². The third-order valence-electron chi connectivity index (χ3n) is 6.18. The molecule has 0 unspecified atom stereocenters. The third-order valence-corrected chi connectivity index (χ3v) is 7.71. The number of likely N-dealkylation sites (N-methyl/N-ethyl adjacent to an activating group) is 2. The molecule has 1 aliphatic heterocycles. The molecule has 1 saturated heterocycles. The quantitative estimate of drug-likeness (QED) is 0.307. The van der Waals surface area contributed by atoms with Gasteiger partial charge in [0.05, 0.1) is 22.8 Å². The van der Waals surface area contributed by atoms with Crippen molar-refractivity contribution in [2.75, 3.05) is 76.6 Å². The highest BCUT2D eigenvalue weighted by molar-refractivity contribution is 7.92. The number of hydrogen-bond donors (Lipinski definition) is 4. The molecule has 0 saturated carbocycles. The Kier molecular flexibility index (Phi) is 12.8. The van der Waals surface area contributed by atoms with Gasteiger partial charge in [-0.05, 0) is 50.8 Å². The van der Waals surface area contributed by atoms with Gasteiger partial charge in [-0.3, -0.25) is 14.3 Å². The van der Waals surface area contributed by atoms with E-state index < -0.39 is 22.2 Å². The number of nitrogens with zero attached hydrogens (tertiary/aromatic N) is 3. The molecule has 43 heavy (non-hydrogen) atoms. The highest BCUT2D eigenvalue weighted by atomic mass is 32.2. The second-order valence-corrected chi connectivity index (χ2v) is 11.6. The fraction of sp³-hybridized carbons (Fsp3) is 0.444. The Balaban J connectivity index is 0.000000821. The molecule has 16 heteroatoms. The van der Waals surface area contributed by atoms with E-state index >= 15 is 0 Å². The Morgan fingerprint density at radius 1 is 1.05 bits per heavy atom. The number of alkyl halides is 3. The van der Waals surface area contributed by atoms with Crippen LogP contribution < -0.4 is 20.3 Å². The van der Waals surface area contributed by atoms with Crippen LogP contribution in [0.15, 0.2) is 47.4 Å². The summed E-state index contributed by atoms with van der Waals surface area (Å²) >= 11 is 0. The molecule has 1 heterocycles. The number of carbonyl (C=O) groups is 3. The number of benzene rings is 2. The number of anilines is 2. The first-order valence-electron chi connectivity index (χ1n) is 13.2. The number of nitrogens with one attached hydrogen (secondary N) is 3. The van der Waals surface area contributed by atoms with E-state index in [9.17, 15) is 31.2 Å². The Bertz CT molecular complexity index is 1380. The first kappa shape index (κ1) is 35.3. The minimum absolute atomic E-state index is 0.101. The first-order valence-corrected chi connectivity index (χ1v) is 14.7. The zero-order valence-electron chi connectivity index (χ0n) is 24.4. The van der Waals surface area contributed by atoms with Crippen LogP contribution in [0.3, 0.4) is 0 Å². The number of sulfonamides is 1. The van der Waals surface area contributed by atoms with Crippen LogP contribution in [0.4, 0.5) is 24.5 Å². The first-order chi connectivity index (χ1) is 20.0. The van der Waals surface area contributed by atoms with E-state index in [4.69, 9.17) is 9.90 Å². The standard InChI is InChI=1S/C25H36N6O4S.C2HF3O2/c1-19-7-5-6-8-23(19)36(34,35)28-21-17-20(9-10-22(21)31-15-11-26-12-16-31)25(33)30(4)18-24(32)27-13-14-29(2)3;3-2(4,5)1(6)7/h5-10,17,26,28H,11-16,18H2,1-4H3,(H,27,32);(H,6,7). The predicted octanol–water partition coefficient (Wildman–Crippen LogP) is 1.59. The minimum Gasteiger partial charge on any atom is -0.475 e. The fourth-order valence-corrected chi connectivity index (χ4v) is 5.29. The number of aliphatic carboxylic acids is 1. The van der Waals surface area contributed by atoms with Gasteiger partial charge in [0, 0.05) is 51.9 Å². The van der Waals surface area contributed by atoms with Gasteiger partial charge in [0.2, 0.25) is 5.91 Å². The van der Waals surface area contributed by atoms with Crippen molar-refractivity contribution in [2.24, 2.45) is 0 Å². The number of carboxylic acid groups (broad SMARTS) is 1. The van der Waals surface area contributed by atoms with E-state index in [2.05, 4.69) is 20.3 Å². The van der Waals surface area contributed by atoms with E-state index in [0.29, 0.717) is 48.7 Å². The molecule has 3 rings (SSSR count). The topological polar surface area (TPSA) is 151 Å². The normalized spacial score (nSPS) is 13.5. The molecule has 12 nitrogen and oxygen atoms in total. The average molecular weight is 631 g/mol. The van der Waals surface area contributed by atoms with Gasteiger partial charge in [-0.25, -0.2) is 13.2 Å². The number of carbonyl (C=O) groups excluding carboxylic acids is 2. The molecule has 2 aromatic rings. The summed E-state index contributed by atoms with van der Waals surface area (Å²) in [5.41, 5.74) is 1.95. The van der Waals surface area contributed by atoms with Crippen LogP contribution in [0.5, 0.6) is 0 Å². The number of rotatable bonds is 10. The van der Waals surface area contributed by atoms with Crippen molar-refractivity contribution in [3.63, 3.8) is 0 Å². The van der Waals surface area contributed by atoms with Crippen molar-refractivity contribution in [1.82, 2.24) is 20.4 Å². The zero-order valence-corrected chi connectivity index (χ0v) is 25.2. The lowest BCUT2D eigenvalue weighted by atomic mass is 10.1. The number of piperazine rings is 1. The van der Waals surface area contributed by atoms with Crippen molar-refractivity contribution >= 4 is 39.2 Å². The van der Waals surface area contributed by atoms with E-state index in [0.717, 1.165) is 13.1 Å². The number of hydrogen-bond acceptors (Lipinski definition) is 8. The Morgan fingerprint density at radius 3 is 2.21 bits per heavy atom. The molecule has 1 aliphatic rings. The van der Waals surface area contributed by atoms with Crippen LogP contribution in [-0.2, 0) is 19.6 Å². The summed E-state index contributed by atoms with van der Waals surface area (Å²) in [7, 11) is 1.49. The van der Waals surface area contributed by atoms with Gasteiger partial charge in [0.25, 0.3) is 15.9 Å². The lowest BCUT2D eigenvalue weighted by Gasteiger charge is -2.31. The molecule has 4 N–H and O–H groups in total. The number of amides is 2. The van der Waals surface area contributed by atoms with Gasteiger partial charge < -0.3 is 30.4 Å². The lowest BCUT2D eigenvalue weighted by molar-refractivity contribution is -0.192. The molecule has 0 bridgehead atoms. The SMILES string of the molecule is Cc1ccccc1S(=O)(=O)Nc1cc(C(=O)N(C)CC(=O)NCCN(C)C)ccc1N1CCNCC1.O=C(O)C(F)(F)F. The Hall–Kier alpha value is -3.89. The number of halogens is 3. The van der Waals surface area contributed by atoms with E-state index in [1.165, 1.54) is 4.90 Å². The molecule has 0 aliphatic carbocycles. The van der Waals surface area contributed by atoms with E-state index in [1.807, 2.05) is 19.0 Å². The summed E-state index contributed by atoms with van der Waals surface area (Å²) in [6.45, 7) is 5.78. The van der Waals surface area contributed by atoms with Crippen molar-refractivity contribution in [3.05, 3.63) is 53.6 Å². The van der Waals surface area contributed by atoms with Crippen molar-refractivity contribution < 1.29 is 41.1 Å². The maximum atomic E-state index is 13.3. The molecule has 0 radical (unpaired) electrons. The summed E-state index contributed by atoms with van der Waals surface area (Å²) in [4.78, 5) is 39.8. The van der Waals surface area contributed by atoms with Crippen molar-refractivity contribution in [2.45, 2.75) is 18.0 Å². The van der Waals surface area contributed by atoms with Gasteiger partial charge in [0.15, 0.2) is 0 Å². The zero-order chi connectivity index (χ0) is 32.4. The van der Waals surface area contributed by atoms with Gasteiger partial charge in [-0.2, -0.15) is 13.2 Å². The van der Waals surface area contributed by atoms with Gasteiger partial charge in [0.1, 0.15) is 0 Å². The van der Waals surface area contributed by atoms with Crippen molar-refractivity contribution in [1.29, 1.82) is 0 Å². The molecule has 0 spiro atoms. The molecular weight excluding hydrogens is 593 g/mol. The van der Waals surface area contributed by atoms with Crippen LogP contribution in [-0.4, -0.2) is 114 Å². The maximum absolute atomic E-state index is 13.3. The fourth-order valence-electron chi connectivity index (χ4n) is 3.97. The highest BCUT2D eigenvalue weighted by Crippen LogP contribution is 2.31. The minimum atomic E-state index is -5.08.